The third kappa shape index (κ3) is 4.80. The summed E-state index contributed by atoms with van der Waals surface area (Å²) >= 11 is 0. The molecule has 0 aliphatic carbocycles. The first-order chi connectivity index (χ1) is 12.6. The second-order valence-corrected chi connectivity index (χ2v) is 5.85. The Morgan fingerprint density at radius 2 is 1.92 bits per heavy atom. The Balaban J connectivity index is 1.56. The molecule has 6 nitrogen and oxygen atoms in total. The lowest BCUT2D eigenvalue weighted by molar-refractivity contribution is -0.134. The second-order valence-electron chi connectivity index (χ2n) is 5.85. The molecule has 0 atom stereocenters. The predicted octanol–water partition coefficient (Wildman–Crippen LogP) is 3.44. The highest BCUT2D eigenvalue weighted by Gasteiger charge is 2.09. The Morgan fingerprint density at radius 1 is 1.12 bits per heavy atom. The molecule has 3 rings (SSSR count). The third-order valence-corrected chi connectivity index (χ3v) is 3.67. The molecule has 0 unspecified atom stereocenters. The highest BCUT2D eigenvalue weighted by molar-refractivity contribution is 6.04. The van der Waals surface area contributed by atoms with Crippen molar-refractivity contribution in [1.82, 2.24) is 9.78 Å². The lowest BCUT2D eigenvalue weighted by atomic mass is 10.2. The van der Waals surface area contributed by atoms with E-state index >= 15 is 0 Å². The second kappa shape index (κ2) is 8.11. The zero-order valence-corrected chi connectivity index (χ0v) is 14.4. The highest BCUT2D eigenvalue weighted by atomic mass is 16.5. The quantitative estimate of drug-likeness (QED) is 0.546. The van der Waals surface area contributed by atoms with Crippen molar-refractivity contribution in [2.45, 2.75) is 19.9 Å². The summed E-state index contributed by atoms with van der Waals surface area (Å²) in [6.45, 7) is 2.40. The largest absolute Gasteiger partial charge is 0.426 e. The van der Waals surface area contributed by atoms with E-state index in [1.807, 2.05) is 19.2 Å². The SMILES string of the molecule is Cc1cnn(CCC(=O)Oc2cccc(NC(=O)c3ccccc3)c2)c1. The first-order valence-corrected chi connectivity index (χ1v) is 8.26. The van der Waals surface area contributed by atoms with E-state index in [4.69, 9.17) is 4.74 Å². The van der Waals surface area contributed by atoms with Crippen LogP contribution in [0.1, 0.15) is 22.3 Å². The van der Waals surface area contributed by atoms with Crippen LogP contribution in [-0.2, 0) is 11.3 Å². The molecule has 0 bridgehead atoms. The summed E-state index contributed by atoms with van der Waals surface area (Å²) in [7, 11) is 0. The summed E-state index contributed by atoms with van der Waals surface area (Å²) in [6.07, 6.45) is 3.82. The molecule has 6 heteroatoms. The number of nitrogens with zero attached hydrogens (tertiary/aromatic N) is 2. The van der Waals surface area contributed by atoms with Crippen LogP contribution in [0.2, 0.25) is 0 Å². The molecule has 0 aliphatic heterocycles. The third-order valence-electron chi connectivity index (χ3n) is 3.67. The average Bonchev–Trinajstić information content (AvgIpc) is 3.06. The van der Waals surface area contributed by atoms with Gasteiger partial charge in [0.2, 0.25) is 0 Å². The molecule has 0 spiro atoms. The zero-order valence-electron chi connectivity index (χ0n) is 14.4. The minimum atomic E-state index is -0.357. The van der Waals surface area contributed by atoms with Crippen molar-refractivity contribution in [2.24, 2.45) is 0 Å². The summed E-state index contributed by atoms with van der Waals surface area (Å²) in [4.78, 5) is 24.2. The van der Waals surface area contributed by atoms with Crippen LogP contribution in [0.5, 0.6) is 5.75 Å². The van der Waals surface area contributed by atoms with Gasteiger partial charge in [-0.15, -0.1) is 0 Å². The Labute approximate surface area is 151 Å². The molecule has 1 N–H and O–H groups in total. The number of esters is 1. The van der Waals surface area contributed by atoms with Gasteiger partial charge < -0.3 is 10.1 Å². The van der Waals surface area contributed by atoms with Crippen molar-refractivity contribution in [3.8, 4) is 5.75 Å². The number of benzene rings is 2. The van der Waals surface area contributed by atoms with Crippen molar-refractivity contribution >= 4 is 17.6 Å². The predicted molar refractivity (Wildman–Crippen MR) is 98.1 cm³/mol. The molecule has 0 aliphatic rings. The van der Waals surface area contributed by atoms with E-state index in [9.17, 15) is 9.59 Å². The normalized spacial score (nSPS) is 10.3. The van der Waals surface area contributed by atoms with Crippen LogP contribution in [0, 0.1) is 6.92 Å². The van der Waals surface area contributed by atoms with Crippen LogP contribution in [0.3, 0.4) is 0 Å². The van der Waals surface area contributed by atoms with E-state index in [1.165, 1.54) is 0 Å². The maximum Gasteiger partial charge on any atom is 0.313 e. The van der Waals surface area contributed by atoms with Gasteiger partial charge in [-0.3, -0.25) is 14.3 Å². The lowest BCUT2D eigenvalue weighted by Crippen LogP contribution is -2.13. The van der Waals surface area contributed by atoms with Gasteiger partial charge in [-0.05, 0) is 36.8 Å². The van der Waals surface area contributed by atoms with Crippen molar-refractivity contribution in [1.29, 1.82) is 0 Å². The zero-order chi connectivity index (χ0) is 18.4. The maximum absolute atomic E-state index is 12.2. The Kier molecular flexibility index (Phi) is 5.43. The Bertz CT molecular complexity index is 903. The van der Waals surface area contributed by atoms with Crippen LogP contribution in [-0.4, -0.2) is 21.7 Å². The first kappa shape index (κ1) is 17.4. The number of hydrogen-bond donors (Lipinski definition) is 1. The molecular formula is C20H19N3O3. The summed E-state index contributed by atoms with van der Waals surface area (Å²) in [5.74, 6) is -0.190. The van der Waals surface area contributed by atoms with E-state index in [2.05, 4.69) is 10.4 Å². The summed E-state index contributed by atoms with van der Waals surface area (Å²) in [5.41, 5.74) is 2.16. The van der Waals surface area contributed by atoms with Crippen molar-refractivity contribution in [3.63, 3.8) is 0 Å². The van der Waals surface area contributed by atoms with E-state index in [1.54, 1.807) is 59.4 Å². The fraction of sp³-hybridized carbons (Fsp3) is 0.150. The van der Waals surface area contributed by atoms with E-state index in [0.29, 0.717) is 23.5 Å². The molecular weight excluding hydrogens is 330 g/mol. The van der Waals surface area contributed by atoms with Crippen molar-refractivity contribution in [2.75, 3.05) is 5.32 Å². The van der Waals surface area contributed by atoms with Gasteiger partial charge in [0.1, 0.15) is 5.75 Å². The molecule has 0 saturated heterocycles. The van der Waals surface area contributed by atoms with E-state index < -0.39 is 0 Å². The molecule has 26 heavy (non-hydrogen) atoms. The number of aryl methyl sites for hydroxylation is 2. The molecule has 1 amide bonds. The van der Waals surface area contributed by atoms with Crippen molar-refractivity contribution in [3.05, 3.63) is 78.1 Å². The van der Waals surface area contributed by atoms with E-state index in [0.717, 1.165) is 5.56 Å². The number of aromatic nitrogens is 2. The number of ether oxygens (including phenoxy) is 1. The van der Waals surface area contributed by atoms with Gasteiger partial charge in [-0.25, -0.2) is 0 Å². The lowest BCUT2D eigenvalue weighted by Gasteiger charge is -2.08. The molecule has 3 aromatic rings. The minimum Gasteiger partial charge on any atom is -0.426 e. The number of anilines is 1. The molecule has 0 saturated carbocycles. The highest BCUT2D eigenvalue weighted by Crippen LogP contribution is 2.18. The van der Waals surface area contributed by atoms with Crippen LogP contribution < -0.4 is 10.1 Å². The fourth-order valence-corrected chi connectivity index (χ4v) is 2.41. The Morgan fingerprint density at radius 3 is 2.65 bits per heavy atom. The van der Waals surface area contributed by atoms with Gasteiger partial charge in [0.05, 0.1) is 19.2 Å². The maximum atomic E-state index is 12.2. The number of rotatable bonds is 6. The summed E-state index contributed by atoms with van der Waals surface area (Å²) in [6, 6.07) is 15.7. The van der Waals surface area contributed by atoms with Gasteiger partial charge in [0.25, 0.3) is 5.91 Å². The number of amides is 1. The topological polar surface area (TPSA) is 73.2 Å². The van der Waals surface area contributed by atoms with Crippen LogP contribution >= 0.6 is 0 Å². The van der Waals surface area contributed by atoms with Crippen LogP contribution in [0.15, 0.2) is 67.0 Å². The van der Waals surface area contributed by atoms with Gasteiger partial charge in [-0.1, -0.05) is 24.3 Å². The average molecular weight is 349 g/mol. The number of nitrogens with one attached hydrogen (secondary N) is 1. The first-order valence-electron chi connectivity index (χ1n) is 8.26. The molecule has 1 heterocycles. The van der Waals surface area contributed by atoms with Gasteiger partial charge in [0.15, 0.2) is 0 Å². The molecule has 0 fully saturated rings. The fourth-order valence-electron chi connectivity index (χ4n) is 2.41. The van der Waals surface area contributed by atoms with Crippen molar-refractivity contribution < 1.29 is 14.3 Å². The van der Waals surface area contributed by atoms with Crippen LogP contribution in [0.4, 0.5) is 5.69 Å². The molecule has 0 radical (unpaired) electrons. The standard InChI is InChI=1S/C20H19N3O3/c1-15-13-21-23(14-15)11-10-19(24)26-18-9-5-8-17(12-18)22-20(25)16-6-3-2-4-7-16/h2-9,12-14H,10-11H2,1H3,(H,22,25). The molecule has 1 aromatic heterocycles. The molecule has 132 valence electrons. The summed E-state index contributed by atoms with van der Waals surface area (Å²) in [5, 5.41) is 6.92. The number of carbonyl (C=O) groups excluding carboxylic acids is 2. The Hall–Kier alpha value is -3.41. The van der Waals surface area contributed by atoms with Gasteiger partial charge >= 0.3 is 5.97 Å². The number of carbonyl (C=O) groups is 2. The van der Waals surface area contributed by atoms with E-state index in [-0.39, 0.29) is 18.3 Å². The summed E-state index contributed by atoms with van der Waals surface area (Å²) < 4.78 is 7.04. The van der Waals surface area contributed by atoms with Crippen LogP contribution in [0.25, 0.3) is 0 Å². The monoisotopic (exact) mass is 349 g/mol. The molecule has 2 aromatic carbocycles. The van der Waals surface area contributed by atoms with Gasteiger partial charge in [0, 0.05) is 23.5 Å². The van der Waals surface area contributed by atoms with Gasteiger partial charge in [-0.2, -0.15) is 5.10 Å². The smallest absolute Gasteiger partial charge is 0.313 e. The minimum absolute atomic E-state index is 0.210. The number of hydrogen-bond acceptors (Lipinski definition) is 4.